The van der Waals surface area contributed by atoms with Gasteiger partial charge in [-0.2, -0.15) is 4.80 Å². The van der Waals surface area contributed by atoms with E-state index in [-0.39, 0.29) is 11.7 Å². The van der Waals surface area contributed by atoms with Gasteiger partial charge in [-0.05, 0) is 18.1 Å². The van der Waals surface area contributed by atoms with Crippen LogP contribution in [-0.2, 0) is 7.05 Å². The maximum atomic E-state index is 11.7. The molecular formula is C9H10N6OS. The summed E-state index contributed by atoms with van der Waals surface area (Å²) in [6.45, 7) is 0. The zero-order chi connectivity index (χ0) is 11.8. The number of hydrogen-bond donors (Lipinski definition) is 1. The smallest absolute Gasteiger partial charge is 0.295 e. The van der Waals surface area contributed by atoms with Crippen LogP contribution in [0.4, 0.5) is 5.13 Å². The third-order valence-electron chi connectivity index (χ3n) is 2.45. The van der Waals surface area contributed by atoms with Crippen LogP contribution in [-0.4, -0.2) is 31.1 Å². The molecule has 0 atom stereocenters. The lowest BCUT2D eigenvalue weighted by molar-refractivity contribution is 0.101. The Balaban J connectivity index is 1.71. The number of rotatable bonds is 3. The molecule has 0 unspecified atom stereocenters. The summed E-state index contributed by atoms with van der Waals surface area (Å²) in [6, 6.07) is 0. The Labute approximate surface area is 101 Å². The predicted molar refractivity (Wildman–Crippen MR) is 60.8 cm³/mol. The molecule has 2 heterocycles. The largest absolute Gasteiger partial charge is 0.299 e. The van der Waals surface area contributed by atoms with Crippen molar-refractivity contribution >= 4 is 22.4 Å². The number of aryl methyl sites for hydroxylation is 1. The summed E-state index contributed by atoms with van der Waals surface area (Å²) in [4.78, 5) is 17.3. The van der Waals surface area contributed by atoms with Crippen molar-refractivity contribution in [3.05, 3.63) is 16.9 Å². The van der Waals surface area contributed by atoms with Crippen molar-refractivity contribution in [2.45, 2.75) is 18.8 Å². The molecule has 0 saturated heterocycles. The summed E-state index contributed by atoms with van der Waals surface area (Å²) in [5, 5.41) is 16.3. The first-order chi connectivity index (χ1) is 8.22. The van der Waals surface area contributed by atoms with Crippen LogP contribution in [0.3, 0.4) is 0 Å². The quantitative estimate of drug-likeness (QED) is 0.870. The molecule has 1 aliphatic rings. The number of nitrogens with one attached hydrogen (secondary N) is 1. The molecule has 1 amide bonds. The number of carbonyl (C=O) groups excluding carboxylic acids is 1. The number of hydrogen-bond acceptors (Lipinski definition) is 6. The maximum Gasteiger partial charge on any atom is 0.299 e. The van der Waals surface area contributed by atoms with E-state index >= 15 is 0 Å². The fourth-order valence-corrected chi connectivity index (χ4v) is 2.23. The molecule has 1 N–H and O–H groups in total. The van der Waals surface area contributed by atoms with E-state index in [1.54, 1.807) is 7.05 Å². The minimum absolute atomic E-state index is 0.0515. The molecule has 2 aromatic rings. The van der Waals surface area contributed by atoms with Crippen LogP contribution < -0.4 is 5.32 Å². The number of carbonyl (C=O) groups is 1. The van der Waals surface area contributed by atoms with E-state index < -0.39 is 0 Å². The van der Waals surface area contributed by atoms with Crippen LogP contribution >= 0.6 is 11.3 Å². The number of aromatic nitrogens is 5. The SMILES string of the molecule is Cn1nnc(C(=O)Nc2nc(C3CC3)cs2)n1. The number of nitrogens with zero attached hydrogens (tertiary/aromatic N) is 5. The van der Waals surface area contributed by atoms with Gasteiger partial charge in [0.1, 0.15) is 0 Å². The second-order valence-electron chi connectivity index (χ2n) is 3.91. The number of amides is 1. The third kappa shape index (κ3) is 2.16. The van der Waals surface area contributed by atoms with E-state index in [4.69, 9.17) is 0 Å². The summed E-state index contributed by atoms with van der Waals surface area (Å²) >= 11 is 1.42. The first kappa shape index (κ1) is 10.3. The van der Waals surface area contributed by atoms with Gasteiger partial charge >= 0.3 is 0 Å². The maximum absolute atomic E-state index is 11.7. The highest BCUT2D eigenvalue weighted by Crippen LogP contribution is 2.40. The van der Waals surface area contributed by atoms with Crippen LogP contribution in [0.1, 0.15) is 35.1 Å². The lowest BCUT2D eigenvalue weighted by atomic mass is 10.3. The van der Waals surface area contributed by atoms with Crippen LogP contribution in [0.15, 0.2) is 5.38 Å². The molecule has 0 bridgehead atoms. The van der Waals surface area contributed by atoms with Crippen molar-refractivity contribution in [1.29, 1.82) is 0 Å². The van der Waals surface area contributed by atoms with Gasteiger partial charge < -0.3 is 0 Å². The fourth-order valence-electron chi connectivity index (χ4n) is 1.44. The zero-order valence-electron chi connectivity index (χ0n) is 9.12. The van der Waals surface area contributed by atoms with Crippen molar-refractivity contribution in [3.63, 3.8) is 0 Å². The normalized spacial score (nSPS) is 14.9. The highest BCUT2D eigenvalue weighted by atomic mass is 32.1. The van der Waals surface area contributed by atoms with Crippen molar-refractivity contribution in [3.8, 4) is 0 Å². The van der Waals surface area contributed by atoms with Crippen molar-refractivity contribution in [2.75, 3.05) is 5.32 Å². The minimum Gasteiger partial charge on any atom is -0.295 e. The number of tetrazole rings is 1. The van der Waals surface area contributed by atoms with Crippen LogP contribution in [0, 0.1) is 0 Å². The third-order valence-corrected chi connectivity index (χ3v) is 3.23. The van der Waals surface area contributed by atoms with E-state index in [0.717, 1.165) is 5.69 Å². The highest BCUT2D eigenvalue weighted by Gasteiger charge is 2.26. The summed E-state index contributed by atoms with van der Waals surface area (Å²) in [7, 11) is 1.61. The molecule has 0 spiro atoms. The Hall–Kier alpha value is -1.83. The van der Waals surface area contributed by atoms with E-state index in [2.05, 4.69) is 25.7 Å². The Kier molecular flexibility index (Phi) is 2.36. The summed E-state index contributed by atoms with van der Waals surface area (Å²) in [5.41, 5.74) is 1.07. The Morgan fingerprint density at radius 3 is 3.06 bits per heavy atom. The molecule has 88 valence electrons. The van der Waals surface area contributed by atoms with Gasteiger partial charge in [0.15, 0.2) is 5.13 Å². The fraction of sp³-hybridized carbons (Fsp3) is 0.444. The molecule has 0 aliphatic heterocycles. The molecule has 3 rings (SSSR count). The summed E-state index contributed by atoms with van der Waals surface area (Å²) in [6.07, 6.45) is 2.39. The van der Waals surface area contributed by atoms with Gasteiger partial charge in [-0.1, -0.05) is 0 Å². The first-order valence-electron chi connectivity index (χ1n) is 5.23. The summed E-state index contributed by atoms with van der Waals surface area (Å²) < 4.78 is 0. The standard InChI is InChI=1S/C9H10N6OS/c1-15-13-7(12-14-15)8(16)11-9-10-6(4-17-9)5-2-3-5/h4-5H,2-3H2,1H3,(H,10,11,16). The molecule has 0 aromatic carbocycles. The molecule has 1 fully saturated rings. The van der Waals surface area contributed by atoms with E-state index in [9.17, 15) is 4.79 Å². The second-order valence-corrected chi connectivity index (χ2v) is 4.77. The topological polar surface area (TPSA) is 85.6 Å². The monoisotopic (exact) mass is 250 g/mol. The van der Waals surface area contributed by atoms with Crippen molar-refractivity contribution < 1.29 is 4.79 Å². The zero-order valence-corrected chi connectivity index (χ0v) is 9.94. The molecule has 1 aliphatic carbocycles. The van der Waals surface area contributed by atoms with E-state index in [1.165, 1.54) is 29.0 Å². The van der Waals surface area contributed by atoms with Gasteiger partial charge in [-0.25, -0.2) is 4.98 Å². The Bertz CT molecular complexity index is 557. The van der Waals surface area contributed by atoms with Gasteiger partial charge in [0.25, 0.3) is 11.7 Å². The molecule has 0 radical (unpaired) electrons. The second kappa shape index (κ2) is 3.88. The van der Waals surface area contributed by atoms with Crippen molar-refractivity contribution in [1.82, 2.24) is 25.2 Å². The number of anilines is 1. The molecular weight excluding hydrogens is 240 g/mol. The predicted octanol–water partition coefficient (Wildman–Crippen LogP) is 0.796. The van der Waals surface area contributed by atoms with Crippen molar-refractivity contribution in [2.24, 2.45) is 7.05 Å². The van der Waals surface area contributed by atoms with Gasteiger partial charge in [0.2, 0.25) is 0 Å². The molecule has 2 aromatic heterocycles. The Morgan fingerprint density at radius 2 is 2.41 bits per heavy atom. The van der Waals surface area contributed by atoms with Gasteiger partial charge in [-0.15, -0.1) is 21.5 Å². The molecule has 1 saturated carbocycles. The highest BCUT2D eigenvalue weighted by molar-refractivity contribution is 7.14. The number of thiazole rings is 1. The Morgan fingerprint density at radius 1 is 1.59 bits per heavy atom. The van der Waals surface area contributed by atoms with E-state index in [0.29, 0.717) is 11.0 Å². The molecule has 17 heavy (non-hydrogen) atoms. The molecule has 7 nitrogen and oxygen atoms in total. The average molecular weight is 250 g/mol. The van der Waals surface area contributed by atoms with Gasteiger partial charge in [-0.3, -0.25) is 10.1 Å². The van der Waals surface area contributed by atoms with Crippen LogP contribution in [0.5, 0.6) is 0 Å². The molecule has 8 heteroatoms. The van der Waals surface area contributed by atoms with Gasteiger partial charge in [0, 0.05) is 11.3 Å². The summed E-state index contributed by atoms with van der Waals surface area (Å²) in [5.74, 6) is 0.261. The van der Waals surface area contributed by atoms with Gasteiger partial charge in [0.05, 0.1) is 12.7 Å². The first-order valence-corrected chi connectivity index (χ1v) is 6.11. The van der Waals surface area contributed by atoms with Crippen LogP contribution in [0.2, 0.25) is 0 Å². The lowest BCUT2D eigenvalue weighted by Gasteiger charge is -1.95. The average Bonchev–Trinajstić information content (AvgIpc) is 2.90. The minimum atomic E-state index is -0.380. The lowest BCUT2D eigenvalue weighted by Crippen LogP contribution is -2.14. The van der Waals surface area contributed by atoms with E-state index in [1.807, 2.05) is 5.38 Å². The van der Waals surface area contributed by atoms with Crippen LogP contribution in [0.25, 0.3) is 0 Å².